The molecule has 0 aromatic rings. The van der Waals surface area contributed by atoms with Crippen molar-refractivity contribution >= 4 is 5.97 Å². The van der Waals surface area contributed by atoms with Crippen molar-refractivity contribution in [1.29, 1.82) is 0 Å². The van der Waals surface area contributed by atoms with Crippen LogP contribution >= 0.6 is 0 Å². The quantitative estimate of drug-likeness (QED) is 0.529. The molecule has 0 heterocycles. The lowest BCUT2D eigenvalue weighted by Gasteiger charge is -2.41. The van der Waals surface area contributed by atoms with Crippen molar-refractivity contribution in [3.8, 4) is 0 Å². The Labute approximate surface area is 90.1 Å². The third kappa shape index (κ3) is 2.23. The Morgan fingerprint density at radius 1 is 1.27 bits per heavy atom. The first-order chi connectivity index (χ1) is 7.18. The lowest BCUT2D eigenvalue weighted by atomic mass is 9.70. The predicted molar refractivity (Wildman–Crippen MR) is 56.1 cm³/mol. The highest BCUT2D eigenvalue weighted by molar-refractivity contribution is 5.66. The molecule has 0 aromatic carbocycles. The molecule has 2 rings (SSSR count). The SMILES string of the molecule is CC(=O)O[C@@H]1CC[C@H](O)[C@@H]2CC=CC[C@@H]21. The molecule has 15 heavy (non-hydrogen) atoms. The molecule has 0 radical (unpaired) electrons. The van der Waals surface area contributed by atoms with Crippen LogP contribution in [-0.2, 0) is 9.53 Å². The van der Waals surface area contributed by atoms with Gasteiger partial charge in [-0.1, -0.05) is 12.2 Å². The summed E-state index contributed by atoms with van der Waals surface area (Å²) in [7, 11) is 0. The Morgan fingerprint density at radius 2 is 1.93 bits per heavy atom. The molecule has 3 nitrogen and oxygen atoms in total. The Bertz CT molecular complexity index is 272. The lowest BCUT2D eigenvalue weighted by molar-refractivity contribution is -0.156. The third-order valence-electron chi connectivity index (χ3n) is 3.57. The lowest BCUT2D eigenvalue weighted by Crippen LogP contribution is -2.43. The average molecular weight is 210 g/mol. The smallest absolute Gasteiger partial charge is 0.302 e. The molecule has 3 heteroatoms. The molecule has 4 atom stereocenters. The summed E-state index contributed by atoms with van der Waals surface area (Å²) in [5.74, 6) is 0.403. The van der Waals surface area contributed by atoms with Crippen LogP contribution in [0.2, 0.25) is 0 Å². The minimum atomic E-state index is -0.216. The molecule has 1 fully saturated rings. The van der Waals surface area contributed by atoms with Crippen molar-refractivity contribution in [2.45, 2.75) is 44.8 Å². The minimum Gasteiger partial charge on any atom is -0.462 e. The molecule has 84 valence electrons. The van der Waals surface area contributed by atoms with E-state index < -0.39 is 0 Å². The number of aliphatic hydroxyl groups excluding tert-OH is 1. The first-order valence-corrected chi connectivity index (χ1v) is 5.68. The number of carbonyl (C=O) groups is 1. The predicted octanol–water partition coefficient (Wildman–Crippen LogP) is 1.66. The zero-order valence-corrected chi connectivity index (χ0v) is 9.06. The number of allylic oxidation sites excluding steroid dienone is 2. The van der Waals surface area contributed by atoms with Gasteiger partial charge in [0.25, 0.3) is 0 Å². The van der Waals surface area contributed by atoms with Crippen LogP contribution in [0.5, 0.6) is 0 Å². The molecule has 0 saturated heterocycles. The molecule has 0 bridgehead atoms. The van der Waals surface area contributed by atoms with Gasteiger partial charge in [-0.15, -0.1) is 0 Å². The van der Waals surface area contributed by atoms with E-state index in [1.807, 2.05) is 0 Å². The second-order valence-electron chi connectivity index (χ2n) is 4.56. The number of ether oxygens (including phenoxy) is 1. The van der Waals surface area contributed by atoms with Crippen LogP contribution in [0, 0.1) is 11.8 Å². The van der Waals surface area contributed by atoms with Crippen LogP contribution in [0.4, 0.5) is 0 Å². The van der Waals surface area contributed by atoms with Gasteiger partial charge in [0.15, 0.2) is 0 Å². The highest BCUT2D eigenvalue weighted by Crippen LogP contribution is 2.39. The Balaban J connectivity index is 2.07. The number of rotatable bonds is 1. The summed E-state index contributed by atoms with van der Waals surface area (Å²) in [4.78, 5) is 11.0. The molecule has 0 aliphatic heterocycles. The fraction of sp³-hybridized carbons (Fsp3) is 0.750. The Morgan fingerprint density at radius 3 is 2.60 bits per heavy atom. The highest BCUT2D eigenvalue weighted by atomic mass is 16.5. The van der Waals surface area contributed by atoms with Gasteiger partial charge in [0, 0.05) is 12.8 Å². The minimum absolute atomic E-state index is 0.0147. The monoisotopic (exact) mass is 210 g/mol. The normalized spacial score (nSPS) is 39.6. The third-order valence-corrected chi connectivity index (χ3v) is 3.57. The van der Waals surface area contributed by atoms with E-state index in [2.05, 4.69) is 12.2 Å². The molecule has 2 aliphatic rings. The van der Waals surface area contributed by atoms with E-state index in [0.29, 0.717) is 5.92 Å². The van der Waals surface area contributed by atoms with E-state index in [0.717, 1.165) is 25.7 Å². The zero-order valence-electron chi connectivity index (χ0n) is 9.06. The Kier molecular flexibility index (Phi) is 3.10. The van der Waals surface area contributed by atoms with E-state index in [9.17, 15) is 9.90 Å². The van der Waals surface area contributed by atoms with Crippen molar-refractivity contribution in [1.82, 2.24) is 0 Å². The van der Waals surface area contributed by atoms with Gasteiger partial charge in [0.2, 0.25) is 0 Å². The summed E-state index contributed by atoms with van der Waals surface area (Å²) in [6, 6.07) is 0. The molecule has 0 unspecified atom stereocenters. The van der Waals surface area contributed by atoms with E-state index in [-0.39, 0.29) is 24.1 Å². The second kappa shape index (κ2) is 4.35. The largest absolute Gasteiger partial charge is 0.462 e. The number of fused-ring (bicyclic) bond motifs is 1. The van der Waals surface area contributed by atoms with Gasteiger partial charge in [-0.05, 0) is 31.6 Å². The highest BCUT2D eigenvalue weighted by Gasteiger charge is 2.40. The van der Waals surface area contributed by atoms with Gasteiger partial charge in [-0.25, -0.2) is 0 Å². The maximum Gasteiger partial charge on any atom is 0.302 e. The topological polar surface area (TPSA) is 46.5 Å². The van der Waals surface area contributed by atoms with Gasteiger partial charge in [-0.3, -0.25) is 4.79 Å². The molecule has 0 spiro atoms. The maximum absolute atomic E-state index is 11.0. The van der Waals surface area contributed by atoms with Crippen LogP contribution in [0.3, 0.4) is 0 Å². The van der Waals surface area contributed by atoms with Crippen LogP contribution in [0.25, 0.3) is 0 Å². The first kappa shape index (κ1) is 10.7. The van der Waals surface area contributed by atoms with Crippen LogP contribution in [0.15, 0.2) is 12.2 Å². The summed E-state index contributed by atoms with van der Waals surface area (Å²) in [6.07, 6.45) is 7.47. The van der Waals surface area contributed by atoms with Crippen molar-refractivity contribution in [2.75, 3.05) is 0 Å². The summed E-state index contributed by atoms with van der Waals surface area (Å²) in [5, 5.41) is 9.88. The summed E-state index contributed by atoms with van der Waals surface area (Å²) < 4.78 is 5.33. The van der Waals surface area contributed by atoms with E-state index in [1.165, 1.54) is 6.92 Å². The van der Waals surface area contributed by atoms with Gasteiger partial charge >= 0.3 is 5.97 Å². The van der Waals surface area contributed by atoms with Crippen molar-refractivity contribution in [3.05, 3.63) is 12.2 Å². The molecular weight excluding hydrogens is 192 g/mol. The van der Waals surface area contributed by atoms with Gasteiger partial charge in [0.05, 0.1) is 6.10 Å². The number of hydrogen-bond donors (Lipinski definition) is 1. The molecular formula is C12H18O3. The number of esters is 1. The zero-order chi connectivity index (χ0) is 10.8. The number of hydrogen-bond acceptors (Lipinski definition) is 3. The molecule has 1 saturated carbocycles. The number of carbonyl (C=O) groups excluding carboxylic acids is 1. The molecule has 0 amide bonds. The fourth-order valence-electron chi connectivity index (χ4n) is 2.85. The maximum atomic E-state index is 11.0. The van der Waals surface area contributed by atoms with E-state index >= 15 is 0 Å². The van der Waals surface area contributed by atoms with Crippen LogP contribution < -0.4 is 0 Å². The summed E-state index contributed by atoms with van der Waals surface area (Å²) in [6.45, 7) is 1.46. The number of aliphatic hydroxyl groups is 1. The standard InChI is InChI=1S/C12H18O3/c1-8(13)15-12-7-6-11(14)9-4-2-3-5-10(9)12/h2-3,9-12,14H,4-7H2,1H3/t9-,10+,11+,12-/m1/s1. The van der Waals surface area contributed by atoms with Crippen molar-refractivity contribution in [3.63, 3.8) is 0 Å². The summed E-state index contributed by atoms with van der Waals surface area (Å²) >= 11 is 0. The van der Waals surface area contributed by atoms with Crippen molar-refractivity contribution in [2.24, 2.45) is 11.8 Å². The molecule has 0 aromatic heterocycles. The first-order valence-electron chi connectivity index (χ1n) is 5.68. The fourth-order valence-corrected chi connectivity index (χ4v) is 2.85. The Hall–Kier alpha value is -0.830. The van der Waals surface area contributed by atoms with Crippen LogP contribution in [-0.4, -0.2) is 23.3 Å². The van der Waals surface area contributed by atoms with Crippen molar-refractivity contribution < 1.29 is 14.6 Å². The second-order valence-corrected chi connectivity index (χ2v) is 4.56. The average Bonchev–Trinajstić information content (AvgIpc) is 2.22. The van der Waals surface area contributed by atoms with Gasteiger partial charge < -0.3 is 9.84 Å². The summed E-state index contributed by atoms with van der Waals surface area (Å²) in [5.41, 5.74) is 0. The van der Waals surface area contributed by atoms with Gasteiger partial charge in [0.1, 0.15) is 6.10 Å². The van der Waals surface area contributed by atoms with E-state index in [1.54, 1.807) is 0 Å². The molecule has 2 aliphatic carbocycles. The van der Waals surface area contributed by atoms with Gasteiger partial charge in [-0.2, -0.15) is 0 Å². The van der Waals surface area contributed by atoms with E-state index in [4.69, 9.17) is 4.74 Å². The van der Waals surface area contributed by atoms with Crippen LogP contribution in [0.1, 0.15) is 32.6 Å². The molecule has 1 N–H and O–H groups in total.